The van der Waals surface area contributed by atoms with E-state index in [0.717, 1.165) is 5.71 Å². The third-order valence-corrected chi connectivity index (χ3v) is 4.33. The topological polar surface area (TPSA) is 110 Å². The number of carbonyl (C=O) groups excluding carboxylic acids is 1. The van der Waals surface area contributed by atoms with Crippen LogP contribution in [0.4, 0.5) is 17.1 Å². The second kappa shape index (κ2) is 8.03. The maximum atomic E-state index is 12.2. The Hall–Kier alpha value is -3.16. The van der Waals surface area contributed by atoms with Crippen molar-refractivity contribution in [3.63, 3.8) is 0 Å². The maximum absolute atomic E-state index is 12.2. The summed E-state index contributed by atoms with van der Waals surface area (Å²) >= 11 is 0. The lowest BCUT2D eigenvalue weighted by Gasteiger charge is -2.15. The molecule has 1 amide bonds. The summed E-state index contributed by atoms with van der Waals surface area (Å²) in [5.74, 6) is -1.04. The highest BCUT2D eigenvalue weighted by Crippen LogP contribution is 2.47. The predicted octanol–water partition coefficient (Wildman–Crippen LogP) is 3.48. The second-order valence-corrected chi connectivity index (χ2v) is 6.34. The average Bonchev–Trinajstić information content (AvgIpc) is 2.84. The van der Waals surface area contributed by atoms with Crippen LogP contribution in [0.25, 0.3) is 0 Å². The molecule has 0 bridgehead atoms. The van der Waals surface area contributed by atoms with Gasteiger partial charge < -0.3 is 25.5 Å². The van der Waals surface area contributed by atoms with E-state index in [4.69, 9.17) is 0 Å². The minimum Gasteiger partial charge on any atom is -0.505 e. The predicted molar refractivity (Wildman–Crippen MR) is 106 cm³/mol. The summed E-state index contributed by atoms with van der Waals surface area (Å²) in [6.07, 6.45) is 1.40. The molecule has 0 aliphatic rings. The van der Waals surface area contributed by atoms with E-state index in [1.807, 2.05) is 13.8 Å². The lowest BCUT2D eigenvalue weighted by molar-refractivity contribution is 0.0824. The number of para-hydroxylation sites is 1. The van der Waals surface area contributed by atoms with Gasteiger partial charge in [0.2, 0.25) is 11.8 Å². The summed E-state index contributed by atoms with van der Waals surface area (Å²) < 4.78 is 1.19. The lowest BCUT2D eigenvalue weighted by Crippen LogP contribution is -2.21. The Morgan fingerprint density at radius 3 is 2.33 bits per heavy atom. The summed E-state index contributed by atoms with van der Waals surface area (Å²) in [7, 11) is 4.68. The first-order valence-corrected chi connectivity index (χ1v) is 8.70. The first-order valence-electron chi connectivity index (χ1n) is 8.70. The molecule has 146 valence electrons. The molecule has 0 saturated heterocycles. The molecule has 8 heteroatoms. The molecular weight excluding hydrogens is 348 g/mol. The van der Waals surface area contributed by atoms with Crippen LogP contribution in [-0.4, -0.2) is 50.5 Å². The summed E-state index contributed by atoms with van der Waals surface area (Å²) in [5.41, 5.74) is 1.52. The molecule has 0 aliphatic carbocycles. The number of carbonyl (C=O) groups is 1. The highest BCUT2D eigenvalue weighted by atomic mass is 16.3. The van der Waals surface area contributed by atoms with Crippen LogP contribution in [0.5, 0.6) is 17.5 Å². The van der Waals surface area contributed by atoms with E-state index in [-0.39, 0.29) is 46.0 Å². The SMILES string of the molecule is CCC(CC)=Nc1c(Nc2cccc(C(=O)N(C)C)c2O)c(O)n(C)c1O. The summed E-state index contributed by atoms with van der Waals surface area (Å²) in [6.45, 7) is 3.91. The number of hydrogen-bond acceptors (Lipinski definition) is 6. The number of aromatic nitrogens is 1. The molecule has 27 heavy (non-hydrogen) atoms. The number of aliphatic imine (C=N–C) groups is 1. The van der Waals surface area contributed by atoms with Gasteiger partial charge in [0, 0.05) is 26.9 Å². The van der Waals surface area contributed by atoms with Gasteiger partial charge in [0.15, 0.2) is 11.4 Å². The van der Waals surface area contributed by atoms with Gasteiger partial charge in [-0.15, -0.1) is 0 Å². The number of phenolic OH excluding ortho intramolecular Hbond substituents is 1. The van der Waals surface area contributed by atoms with Crippen molar-refractivity contribution in [1.82, 2.24) is 9.47 Å². The van der Waals surface area contributed by atoms with E-state index in [0.29, 0.717) is 12.8 Å². The fourth-order valence-corrected chi connectivity index (χ4v) is 2.62. The Balaban J connectivity index is 2.56. The molecule has 1 aromatic heterocycles. The zero-order valence-corrected chi connectivity index (χ0v) is 16.2. The van der Waals surface area contributed by atoms with Crippen LogP contribution in [0, 0.1) is 0 Å². The monoisotopic (exact) mass is 374 g/mol. The van der Waals surface area contributed by atoms with E-state index in [2.05, 4.69) is 10.3 Å². The fraction of sp³-hybridized carbons (Fsp3) is 0.368. The minimum absolute atomic E-state index is 0.123. The third-order valence-electron chi connectivity index (χ3n) is 4.33. The average molecular weight is 374 g/mol. The molecule has 0 aliphatic heterocycles. The number of nitrogens with zero attached hydrogens (tertiary/aromatic N) is 3. The molecule has 4 N–H and O–H groups in total. The van der Waals surface area contributed by atoms with Gasteiger partial charge in [-0.3, -0.25) is 9.36 Å². The molecule has 0 fully saturated rings. The summed E-state index contributed by atoms with van der Waals surface area (Å²) in [4.78, 5) is 18.0. The van der Waals surface area contributed by atoms with Gasteiger partial charge in [0.1, 0.15) is 5.69 Å². The molecule has 2 aromatic rings. The number of aromatic hydroxyl groups is 3. The van der Waals surface area contributed by atoms with Crippen molar-refractivity contribution < 1.29 is 20.1 Å². The van der Waals surface area contributed by atoms with Crippen molar-refractivity contribution in [3.8, 4) is 17.5 Å². The van der Waals surface area contributed by atoms with Crippen LogP contribution < -0.4 is 5.32 Å². The largest absolute Gasteiger partial charge is 0.505 e. The highest BCUT2D eigenvalue weighted by molar-refractivity contribution is 5.99. The van der Waals surface area contributed by atoms with E-state index in [9.17, 15) is 20.1 Å². The Kier molecular flexibility index (Phi) is 5.99. The Morgan fingerprint density at radius 2 is 1.78 bits per heavy atom. The summed E-state index contributed by atoms with van der Waals surface area (Å²) in [6, 6.07) is 4.70. The number of nitrogens with one attached hydrogen (secondary N) is 1. The van der Waals surface area contributed by atoms with Crippen LogP contribution in [0.15, 0.2) is 23.2 Å². The van der Waals surface area contributed by atoms with Crippen LogP contribution >= 0.6 is 0 Å². The van der Waals surface area contributed by atoms with Gasteiger partial charge in [-0.2, -0.15) is 0 Å². The number of hydrogen-bond donors (Lipinski definition) is 4. The first kappa shape index (κ1) is 20.2. The molecule has 1 heterocycles. The van der Waals surface area contributed by atoms with E-state index >= 15 is 0 Å². The van der Waals surface area contributed by atoms with Crippen LogP contribution in [0.3, 0.4) is 0 Å². The Bertz CT molecular complexity index is 878. The van der Waals surface area contributed by atoms with E-state index in [1.54, 1.807) is 26.2 Å². The van der Waals surface area contributed by atoms with Gasteiger partial charge in [-0.1, -0.05) is 19.9 Å². The quantitative estimate of drug-likeness (QED) is 0.457. The number of rotatable bonds is 6. The zero-order valence-electron chi connectivity index (χ0n) is 16.2. The van der Waals surface area contributed by atoms with Gasteiger partial charge in [-0.05, 0) is 25.0 Å². The third kappa shape index (κ3) is 3.84. The highest BCUT2D eigenvalue weighted by Gasteiger charge is 2.23. The number of anilines is 2. The summed E-state index contributed by atoms with van der Waals surface area (Å²) in [5, 5.41) is 34.1. The molecule has 0 saturated carbocycles. The molecular formula is C19H26N4O4. The van der Waals surface area contributed by atoms with Gasteiger partial charge in [-0.25, -0.2) is 4.99 Å². The van der Waals surface area contributed by atoms with Gasteiger partial charge in [0.05, 0.1) is 11.3 Å². The maximum Gasteiger partial charge on any atom is 0.257 e. The van der Waals surface area contributed by atoms with Crippen LogP contribution in [-0.2, 0) is 7.05 Å². The second-order valence-electron chi connectivity index (χ2n) is 6.34. The smallest absolute Gasteiger partial charge is 0.257 e. The molecule has 8 nitrogen and oxygen atoms in total. The van der Waals surface area contributed by atoms with E-state index < -0.39 is 0 Å². The van der Waals surface area contributed by atoms with Crippen molar-refractivity contribution >= 4 is 28.7 Å². The molecule has 0 radical (unpaired) electrons. The van der Waals surface area contributed by atoms with Crippen LogP contribution in [0.2, 0.25) is 0 Å². The molecule has 0 unspecified atom stereocenters. The first-order chi connectivity index (χ1) is 12.7. The lowest BCUT2D eigenvalue weighted by atomic mass is 10.1. The van der Waals surface area contributed by atoms with Crippen molar-refractivity contribution in [1.29, 1.82) is 0 Å². The van der Waals surface area contributed by atoms with Crippen molar-refractivity contribution in [2.75, 3.05) is 19.4 Å². The minimum atomic E-state index is -0.353. The Morgan fingerprint density at radius 1 is 1.15 bits per heavy atom. The van der Waals surface area contributed by atoms with Gasteiger partial charge in [0.25, 0.3) is 5.91 Å². The Labute approximate surface area is 158 Å². The molecule has 2 rings (SSSR count). The number of amides is 1. The van der Waals surface area contributed by atoms with Crippen molar-refractivity contribution in [2.24, 2.45) is 12.0 Å². The fourth-order valence-electron chi connectivity index (χ4n) is 2.62. The van der Waals surface area contributed by atoms with Crippen LogP contribution in [0.1, 0.15) is 37.0 Å². The van der Waals surface area contributed by atoms with E-state index in [1.165, 1.54) is 22.6 Å². The molecule has 0 spiro atoms. The molecule has 1 aromatic carbocycles. The van der Waals surface area contributed by atoms with Crippen molar-refractivity contribution in [2.45, 2.75) is 26.7 Å². The standard InChI is InChI=1S/C19H26N4O4/c1-6-11(7-2)20-14-15(19(27)23(5)18(14)26)21-13-10-8-9-12(16(13)24)17(25)22(3)4/h8-10,21,24,26-27H,6-7H2,1-5H3. The molecule has 0 atom stereocenters. The normalized spacial score (nSPS) is 10.6. The number of phenols is 1. The van der Waals surface area contributed by atoms with Crippen molar-refractivity contribution in [3.05, 3.63) is 23.8 Å². The number of benzene rings is 1. The zero-order chi connectivity index (χ0) is 20.3. The van der Waals surface area contributed by atoms with Gasteiger partial charge >= 0.3 is 0 Å².